The van der Waals surface area contributed by atoms with Gasteiger partial charge in [-0.1, -0.05) is 5.21 Å². The summed E-state index contributed by atoms with van der Waals surface area (Å²) in [6.45, 7) is 2.97. The molecule has 1 aromatic carbocycles. The van der Waals surface area contributed by atoms with Crippen LogP contribution in [0.15, 0.2) is 30.6 Å². The highest BCUT2D eigenvalue weighted by Gasteiger charge is 2.08. The Morgan fingerprint density at radius 3 is 3.00 bits per heavy atom. The first-order chi connectivity index (χ1) is 8.66. The lowest BCUT2D eigenvalue weighted by Gasteiger charge is -2.08. The lowest BCUT2D eigenvalue weighted by atomic mass is 10.1. The summed E-state index contributed by atoms with van der Waals surface area (Å²) in [4.78, 5) is 11.9. The maximum Gasteiger partial charge on any atom is 0.251 e. The number of hydrogen-bond acceptors (Lipinski definition) is 4. The standard InChI is InChI=1S/C12H15N5O/c1-9-8-10(13)2-3-11(9)12(18)14-4-6-17-7-5-15-16-17/h2-3,5,7-8H,4,6,13H2,1H3,(H,14,18). The minimum atomic E-state index is -0.104. The second-order valence-corrected chi connectivity index (χ2v) is 4.00. The van der Waals surface area contributed by atoms with Crippen molar-refractivity contribution in [2.45, 2.75) is 13.5 Å². The fraction of sp³-hybridized carbons (Fsp3) is 0.250. The molecule has 0 radical (unpaired) electrons. The predicted molar refractivity (Wildman–Crippen MR) is 67.9 cm³/mol. The summed E-state index contributed by atoms with van der Waals surface area (Å²) in [7, 11) is 0. The van der Waals surface area contributed by atoms with Gasteiger partial charge in [0.05, 0.1) is 12.7 Å². The summed E-state index contributed by atoms with van der Waals surface area (Å²) in [6.07, 6.45) is 3.35. The Labute approximate surface area is 105 Å². The van der Waals surface area contributed by atoms with E-state index in [-0.39, 0.29) is 5.91 Å². The van der Waals surface area contributed by atoms with Gasteiger partial charge in [-0.3, -0.25) is 9.48 Å². The van der Waals surface area contributed by atoms with Gasteiger partial charge in [-0.2, -0.15) is 0 Å². The van der Waals surface area contributed by atoms with E-state index in [4.69, 9.17) is 5.73 Å². The molecule has 0 unspecified atom stereocenters. The SMILES string of the molecule is Cc1cc(N)ccc1C(=O)NCCn1ccnn1. The van der Waals surface area contributed by atoms with E-state index in [0.717, 1.165) is 5.56 Å². The van der Waals surface area contributed by atoms with Gasteiger partial charge in [0, 0.05) is 24.0 Å². The molecule has 0 saturated carbocycles. The van der Waals surface area contributed by atoms with Gasteiger partial charge in [0.2, 0.25) is 0 Å². The van der Waals surface area contributed by atoms with Gasteiger partial charge in [0.15, 0.2) is 0 Å². The minimum Gasteiger partial charge on any atom is -0.399 e. The fourth-order valence-electron chi connectivity index (χ4n) is 1.67. The van der Waals surface area contributed by atoms with Crippen molar-refractivity contribution >= 4 is 11.6 Å². The van der Waals surface area contributed by atoms with Crippen molar-refractivity contribution < 1.29 is 4.79 Å². The number of nitrogens with two attached hydrogens (primary N) is 1. The van der Waals surface area contributed by atoms with Gasteiger partial charge in [0.25, 0.3) is 5.91 Å². The molecule has 1 heterocycles. The fourth-order valence-corrected chi connectivity index (χ4v) is 1.67. The number of anilines is 1. The Balaban J connectivity index is 1.91. The number of carbonyl (C=O) groups is 1. The molecule has 0 aliphatic rings. The molecule has 0 atom stereocenters. The van der Waals surface area contributed by atoms with Crippen LogP contribution in [0.1, 0.15) is 15.9 Å². The van der Waals surface area contributed by atoms with Crippen LogP contribution in [0.3, 0.4) is 0 Å². The Morgan fingerprint density at radius 1 is 1.50 bits per heavy atom. The first kappa shape index (κ1) is 12.1. The zero-order valence-corrected chi connectivity index (χ0v) is 10.1. The van der Waals surface area contributed by atoms with E-state index in [0.29, 0.717) is 24.3 Å². The largest absolute Gasteiger partial charge is 0.399 e. The molecule has 1 aromatic heterocycles. The quantitative estimate of drug-likeness (QED) is 0.772. The summed E-state index contributed by atoms with van der Waals surface area (Å²) >= 11 is 0. The second-order valence-electron chi connectivity index (χ2n) is 4.00. The molecule has 3 N–H and O–H groups in total. The number of nitrogen functional groups attached to an aromatic ring is 1. The third kappa shape index (κ3) is 2.85. The van der Waals surface area contributed by atoms with Crippen molar-refractivity contribution in [2.24, 2.45) is 0 Å². The van der Waals surface area contributed by atoms with Crippen molar-refractivity contribution in [3.8, 4) is 0 Å². The third-order valence-corrected chi connectivity index (χ3v) is 2.59. The number of hydrogen-bond donors (Lipinski definition) is 2. The van der Waals surface area contributed by atoms with Crippen molar-refractivity contribution in [2.75, 3.05) is 12.3 Å². The maximum atomic E-state index is 11.9. The second kappa shape index (κ2) is 5.31. The summed E-state index contributed by atoms with van der Waals surface area (Å²) in [5.41, 5.74) is 7.81. The van der Waals surface area contributed by atoms with Gasteiger partial charge < -0.3 is 11.1 Å². The monoisotopic (exact) mass is 245 g/mol. The first-order valence-corrected chi connectivity index (χ1v) is 5.65. The summed E-state index contributed by atoms with van der Waals surface area (Å²) in [6, 6.07) is 5.24. The van der Waals surface area contributed by atoms with Gasteiger partial charge in [0.1, 0.15) is 0 Å². The van der Waals surface area contributed by atoms with Crippen molar-refractivity contribution in [3.63, 3.8) is 0 Å². The van der Waals surface area contributed by atoms with Crippen LogP contribution in [0.4, 0.5) is 5.69 Å². The average molecular weight is 245 g/mol. The summed E-state index contributed by atoms with van der Waals surface area (Å²) in [5.74, 6) is -0.104. The maximum absolute atomic E-state index is 11.9. The molecule has 6 heteroatoms. The van der Waals surface area contributed by atoms with E-state index < -0.39 is 0 Å². The van der Waals surface area contributed by atoms with Crippen LogP contribution in [-0.2, 0) is 6.54 Å². The highest BCUT2D eigenvalue weighted by atomic mass is 16.1. The van der Waals surface area contributed by atoms with Gasteiger partial charge in [-0.25, -0.2) is 0 Å². The van der Waals surface area contributed by atoms with Crippen LogP contribution in [0.2, 0.25) is 0 Å². The number of nitrogens with zero attached hydrogens (tertiary/aromatic N) is 3. The Morgan fingerprint density at radius 2 is 2.33 bits per heavy atom. The number of aromatic nitrogens is 3. The predicted octanol–water partition coefficient (Wildman–Crippen LogP) is 0.599. The molecule has 18 heavy (non-hydrogen) atoms. The molecular weight excluding hydrogens is 230 g/mol. The molecular formula is C12H15N5O. The Hall–Kier alpha value is -2.37. The van der Waals surface area contributed by atoms with Gasteiger partial charge in [-0.05, 0) is 30.7 Å². The molecule has 94 valence electrons. The van der Waals surface area contributed by atoms with E-state index in [1.54, 1.807) is 35.3 Å². The third-order valence-electron chi connectivity index (χ3n) is 2.59. The number of carbonyl (C=O) groups excluding carboxylic acids is 1. The number of amides is 1. The normalized spacial score (nSPS) is 10.3. The van der Waals surface area contributed by atoms with Crippen molar-refractivity contribution in [1.82, 2.24) is 20.3 Å². The lowest BCUT2D eigenvalue weighted by Crippen LogP contribution is -2.28. The van der Waals surface area contributed by atoms with E-state index in [1.165, 1.54) is 0 Å². The van der Waals surface area contributed by atoms with Crippen molar-refractivity contribution in [1.29, 1.82) is 0 Å². The first-order valence-electron chi connectivity index (χ1n) is 5.65. The van der Waals surface area contributed by atoms with Crippen LogP contribution in [0.5, 0.6) is 0 Å². The molecule has 0 spiro atoms. The zero-order chi connectivity index (χ0) is 13.0. The summed E-state index contributed by atoms with van der Waals surface area (Å²) < 4.78 is 1.66. The number of benzene rings is 1. The van der Waals surface area contributed by atoms with Gasteiger partial charge >= 0.3 is 0 Å². The van der Waals surface area contributed by atoms with Crippen LogP contribution < -0.4 is 11.1 Å². The minimum absolute atomic E-state index is 0.104. The molecule has 0 aliphatic carbocycles. The van der Waals surface area contributed by atoms with Crippen LogP contribution in [-0.4, -0.2) is 27.4 Å². The number of nitrogens with one attached hydrogen (secondary N) is 1. The molecule has 0 saturated heterocycles. The molecule has 6 nitrogen and oxygen atoms in total. The highest BCUT2D eigenvalue weighted by Crippen LogP contribution is 2.12. The van der Waals surface area contributed by atoms with Crippen LogP contribution >= 0.6 is 0 Å². The number of rotatable bonds is 4. The topological polar surface area (TPSA) is 85.8 Å². The van der Waals surface area contributed by atoms with Crippen molar-refractivity contribution in [3.05, 3.63) is 41.7 Å². The van der Waals surface area contributed by atoms with E-state index >= 15 is 0 Å². The molecule has 2 aromatic rings. The Bertz CT molecular complexity index is 535. The van der Waals surface area contributed by atoms with E-state index in [9.17, 15) is 4.79 Å². The summed E-state index contributed by atoms with van der Waals surface area (Å²) in [5, 5.41) is 10.3. The highest BCUT2D eigenvalue weighted by molar-refractivity contribution is 5.95. The molecule has 0 fully saturated rings. The van der Waals surface area contributed by atoms with E-state index in [1.807, 2.05) is 6.92 Å². The number of aryl methyl sites for hydroxylation is 1. The van der Waals surface area contributed by atoms with Gasteiger partial charge in [-0.15, -0.1) is 5.10 Å². The van der Waals surface area contributed by atoms with E-state index in [2.05, 4.69) is 15.6 Å². The van der Waals surface area contributed by atoms with Crippen LogP contribution in [0.25, 0.3) is 0 Å². The smallest absolute Gasteiger partial charge is 0.251 e. The zero-order valence-electron chi connectivity index (χ0n) is 10.1. The van der Waals surface area contributed by atoms with Crippen LogP contribution in [0, 0.1) is 6.92 Å². The lowest BCUT2D eigenvalue weighted by molar-refractivity contribution is 0.0951. The molecule has 1 amide bonds. The molecule has 0 bridgehead atoms. The average Bonchev–Trinajstić information content (AvgIpc) is 2.81. The molecule has 2 rings (SSSR count). The molecule has 0 aliphatic heterocycles. The Kier molecular flexibility index (Phi) is 3.57.